The maximum atomic E-state index is 13.3. The smallest absolute Gasteiger partial charge is 0.338 e. The standard InChI is InChI=1S/C38H44O12/c1-5-21-44-29-24(2)47-37(28(39)30(29)48-35(40)27-19-13-8-14-20-27)49-32-31(45-22-25-15-9-6-10-16-25)34(46-23-26-17-11-7-12-18-26)38(43-4)50-33(32)36(41)42-3/h5-20,24,28-34,37-39H,1,21-23H2,2-4H3/t24-,28+,29-,30-,31-,32+,33-,34+,37-,38-/m0/s1. The zero-order valence-corrected chi connectivity index (χ0v) is 28.3. The van der Waals surface area contributed by atoms with Gasteiger partial charge in [0.1, 0.15) is 30.5 Å². The number of benzene rings is 3. The first kappa shape index (κ1) is 37.3. The highest BCUT2D eigenvalue weighted by Gasteiger charge is 2.55. The minimum atomic E-state index is -1.58. The van der Waals surface area contributed by atoms with Crippen molar-refractivity contribution in [1.82, 2.24) is 0 Å². The van der Waals surface area contributed by atoms with E-state index >= 15 is 0 Å². The molecule has 0 amide bonds. The van der Waals surface area contributed by atoms with Crippen LogP contribution in [0.15, 0.2) is 104 Å². The summed E-state index contributed by atoms with van der Waals surface area (Å²) in [5.74, 6) is -1.45. The first-order valence-corrected chi connectivity index (χ1v) is 16.4. The molecule has 10 atom stereocenters. The number of hydrogen-bond donors (Lipinski definition) is 1. The summed E-state index contributed by atoms with van der Waals surface area (Å²) in [6.45, 7) is 5.77. The van der Waals surface area contributed by atoms with Gasteiger partial charge in [-0.25, -0.2) is 9.59 Å². The van der Waals surface area contributed by atoms with E-state index in [0.29, 0.717) is 0 Å². The van der Waals surface area contributed by atoms with E-state index in [-0.39, 0.29) is 25.4 Å². The molecule has 5 rings (SSSR count). The largest absolute Gasteiger partial charge is 0.467 e. The zero-order chi connectivity index (χ0) is 35.5. The van der Waals surface area contributed by atoms with Gasteiger partial charge in [-0.15, -0.1) is 6.58 Å². The molecule has 0 bridgehead atoms. The number of aliphatic hydroxyl groups is 1. The molecule has 2 saturated heterocycles. The monoisotopic (exact) mass is 692 g/mol. The van der Waals surface area contributed by atoms with Crippen LogP contribution in [-0.4, -0.2) is 99.3 Å². The highest BCUT2D eigenvalue weighted by molar-refractivity contribution is 5.89. The molecule has 50 heavy (non-hydrogen) atoms. The van der Waals surface area contributed by atoms with E-state index in [1.54, 1.807) is 37.3 Å². The lowest BCUT2D eigenvalue weighted by Crippen LogP contribution is -2.66. The van der Waals surface area contributed by atoms with Gasteiger partial charge in [-0.1, -0.05) is 84.9 Å². The van der Waals surface area contributed by atoms with E-state index in [1.165, 1.54) is 20.3 Å². The van der Waals surface area contributed by atoms with Crippen LogP contribution in [-0.2, 0) is 60.6 Å². The molecule has 268 valence electrons. The van der Waals surface area contributed by atoms with Crippen molar-refractivity contribution in [1.29, 1.82) is 0 Å². The molecule has 3 aromatic carbocycles. The fourth-order valence-electron chi connectivity index (χ4n) is 5.92. The van der Waals surface area contributed by atoms with Crippen molar-refractivity contribution in [3.63, 3.8) is 0 Å². The summed E-state index contributed by atoms with van der Waals surface area (Å²) >= 11 is 0. The maximum absolute atomic E-state index is 13.3. The minimum Gasteiger partial charge on any atom is -0.467 e. The summed E-state index contributed by atoms with van der Waals surface area (Å²) in [4.78, 5) is 26.5. The van der Waals surface area contributed by atoms with Crippen LogP contribution in [0, 0.1) is 0 Å². The molecule has 0 aliphatic carbocycles. The Bertz CT molecular complexity index is 1490. The molecule has 12 nitrogen and oxygen atoms in total. The minimum absolute atomic E-state index is 0.102. The number of rotatable bonds is 15. The van der Waals surface area contributed by atoms with Crippen LogP contribution in [0.4, 0.5) is 0 Å². The molecule has 2 aliphatic rings. The summed E-state index contributed by atoms with van der Waals surface area (Å²) in [5, 5.41) is 11.7. The van der Waals surface area contributed by atoms with Crippen molar-refractivity contribution < 1.29 is 57.3 Å². The predicted molar refractivity (Wildman–Crippen MR) is 179 cm³/mol. The third-order valence-electron chi connectivity index (χ3n) is 8.43. The van der Waals surface area contributed by atoms with Crippen molar-refractivity contribution in [3.8, 4) is 0 Å². The Balaban J connectivity index is 1.47. The van der Waals surface area contributed by atoms with Crippen molar-refractivity contribution in [2.45, 2.75) is 81.5 Å². The van der Waals surface area contributed by atoms with E-state index in [1.807, 2.05) is 60.7 Å². The molecular formula is C38H44O12. The Hall–Kier alpha value is -3.98. The number of hydrogen-bond acceptors (Lipinski definition) is 12. The molecule has 0 aromatic heterocycles. The zero-order valence-electron chi connectivity index (χ0n) is 28.3. The van der Waals surface area contributed by atoms with Gasteiger partial charge in [0.05, 0.1) is 38.6 Å². The molecular weight excluding hydrogens is 648 g/mol. The Morgan fingerprint density at radius 2 is 1.32 bits per heavy atom. The van der Waals surface area contributed by atoms with Crippen LogP contribution in [0.3, 0.4) is 0 Å². The Kier molecular flexibility index (Phi) is 13.7. The van der Waals surface area contributed by atoms with Gasteiger partial charge in [-0.3, -0.25) is 0 Å². The third kappa shape index (κ3) is 9.22. The lowest BCUT2D eigenvalue weighted by atomic mass is 9.96. The van der Waals surface area contributed by atoms with E-state index in [4.69, 9.17) is 42.6 Å². The van der Waals surface area contributed by atoms with Crippen molar-refractivity contribution in [2.24, 2.45) is 0 Å². The predicted octanol–water partition coefficient (Wildman–Crippen LogP) is 3.99. The van der Waals surface area contributed by atoms with Crippen LogP contribution >= 0.6 is 0 Å². The van der Waals surface area contributed by atoms with Crippen LogP contribution in [0.2, 0.25) is 0 Å². The van der Waals surface area contributed by atoms with Crippen LogP contribution in [0.5, 0.6) is 0 Å². The number of methoxy groups -OCH3 is 2. The number of esters is 2. The lowest BCUT2D eigenvalue weighted by Gasteiger charge is -2.48. The number of aliphatic hydroxyl groups excluding tert-OH is 1. The van der Waals surface area contributed by atoms with Gasteiger partial charge in [0.2, 0.25) is 0 Å². The highest BCUT2D eigenvalue weighted by atomic mass is 16.8. The Morgan fingerprint density at radius 1 is 0.740 bits per heavy atom. The fraction of sp³-hybridized carbons (Fsp3) is 0.421. The fourth-order valence-corrected chi connectivity index (χ4v) is 5.92. The van der Waals surface area contributed by atoms with Gasteiger partial charge in [-0.05, 0) is 30.2 Å². The van der Waals surface area contributed by atoms with Crippen LogP contribution in [0.25, 0.3) is 0 Å². The van der Waals surface area contributed by atoms with E-state index in [9.17, 15) is 14.7 Å². The third-order valence-corrected chi connectivity index (χ3v) is 8.43. The number of carbonyl (C=O) groups excluding carboxylic acids is 2. The van der Waals surface area contributed by atoms with Crippen molar-refractivity contribution in [2.75, 3.05) is 20.8 Å². The van der Waals surface area contributed by atoms with E-state index < -0.39 is 73.4 Å². The molecule has 3 aromatic rings. The summed E-state index contributed by atoms with van der Waals surface area (Å²) in [7, 11) is 2.65. The average molecular weight is 693 g/mol. The summed E-state index contributed by atoms with van der Waals surface area (Å²) in [5.41, 5.74) is 2.01. The first-order chi connectivity index (χ1) is 24.3. The molecule has 0 unspecified atom stereocenters. The highest BCUT2D eigenvalue weighted by Crippen LogP contribution is 2.35. The topological polar surface area (TPSA) is 137 Å². The van der Waals surface area contributed by atoms with Crippen molar-refractivity contribution in [3.05, 3.63) is 120 Å². The van der Waals surface area contributed by atoms with Gasteiger partial charge in [0, 0.05) is 7.11 Å². The van der Waals surface area contributed by atoms with Gasteiger partial charge < -0.3 is 47.7 Å². The quantitative estimate of drug-likeness (QED) is 0.182. The number of ether oxygens (including phenoxy) is 9. The summed E-state index contributed by atoms with van der Waals surface area (Å²) in [6.07, 6.45) is -10.0. The second kappa shape index (κ2) is 18.3. The maximum Gasteiger partial charge on any atom is 0.338 e. The summed E-state index contributed by atoms with van der Waals surface area (Å²) < 4.78 is 54.2. The Labute approximate surface area is 291 Å². The van der Waals surface area contributed by atoms with Crippen LogP contribution < -0.4 is 0 Å². The van der Waals surface area contributed by atoms with Crippen molar-refractivity contribution >= 4 is 11.9 Å². The molecule has 0 saturated carbocycles. The van der Waals surface area contributed by atoms with Gasteiger partial charge in [0.25, 0.3) is 0 Å². The second-order valence-electron chi connectivity index (χ2n) is 11.8. The second-order valence-corrected chi connectivity index (χ2v) is 11.8. The average Bonchev–Trinajstić information content (AvgIpc) is 3.15. The Morgan fingerprint density at radius 3 is 1.88 bits per heavy atom. The molecule has 2 heterocycles. The van der Waals surface area contributed by atoms with Gasteiger partial charge in [0.15, 0.2) is 24.8 Å². The van der Waals surface area contributed by atoms with Gasteiger partial charge in [-0.2, -0.15) is 0 Å². The molecule has 0 spiro atoms. The van der Waals surface area contributed by atoms with Crippen LogP contribution in [0.1, 0.15) is 28.4 Å². The van der Waals surface area contributed by atoms with E-state index in [0.717, 1.165) is 11.1 Å². The molecule has 2 fully saturated rings. The summed E-state index contributed by atoms with van der Waals surface area (Å²) in [6, 6.07) is 27.3. The lowest BCUT2D eigenvalue weighted by molar-refractivity contribution is -0.359. The van der Waals surface area contributed by atoms with Gasteiger partial charge >= 0.3 is 11.9 Å². The SMILES string of the molecule is C=CCO[C@@H]1[C@@H](OC(=O)c2ccccc2)[C@@H](O)[C@H](O[C@@H]2[C@H](OCc3ccccc3)[C@@H](OCc3ccccc3)[C@@H](OC)O[C@@H]2C(=O)OC)O[C@H]1C. The number of carbonyl (C=O) groups is 2. The van der Waals surface area contributed by atoms with E-state index in [2.05, 4.69) is 6.58 Å². The molecule has 1 N–H and O–H groups in total. The molecule has 0 radical (unpaired) electrons. The normalized spacial score (nSPS) is 29.5. The molecule has 2 aliphatic heterocycles. The molecule has 12 heteroatoms. The first-order valence-electron chi connectivity index (χ1n) is 16.4.